The van der Waals surface area contributed by atoms with Crippen LogP contribution in [0.25, 0.3) is 0 Å². The summed E-state index contributed by atoms with van der Waals surface area (Å²) in [5, 5.41) is 18.1. The highest BCUT2D eigenvalue weighted by Gasteiger charge is 2.27. The van der Waals surface area contributed by atoms with Crippen molar-refractivity contribution in [3.05, 3.63) is 65.7 Å². The summed E-state index contributed by atoms with van der Waals surface area (Å²) in [7, 11) is -2.85. The van der Waals surface area contributed by atoms with Crippen LogP contribution in [0.1, 0.15) is 17.5 Å². The van der Waals surface area contributed by atoms with Crippen LogP contribution in [-0.4, -0.2) is 48.1 Å². The third-order valence-corrected chi connectivity index (χ3v) is 5.97. The molecule has 0 aromatic heterocycles. The largest absolute Gasteiger partial charge is 0.489 e. The van der Waals surface area contributed by atoms with Crippen LogP contribution in [0.15, 0.2) is 54.6 Å². The van der Waals surface area contributed by atoms with Gasteiger partial charge in [-0.05, 0) is 18.1 Å². The van der Waals surface area contributed by atoms with E-state index in [1.54, 1.807) is 0 Å². The quantitative estimate of drug-likeness (QED) is 0.601. The first-order valence-corrected chi connectivity index (χ1v) is 10.7. The van der Waals surface area contributed by atoms with Crippen molar-refractivity contribution in [3.63, 3.8) is 0 Å². The van der Waals surface area contributed by atoms with E-state index in [4.69, 9.17) is 24.5 Å². The van der Waals surface area contributed by atoms with Crippen LogP contribution in [0, 0.1) is 0 Å². The Hall–Kier alpha value is -2.91. The Morgan fingerprint density at radius 1 is 1.00 bits per heavy atom. The second-order valence-electron chi connectivity index (χ2n) is 6.47. The lowest BCUT2D eigenvalue weighted by atomic mass is 10.1. The number of benzene rings is 2. The third kappa shape index (κ3) is 7.92. The Morgan fingerprint density at radius 2 is 1.62 bits per heavy atom. The Balaban J connectivity index is 0.000000438. The molecule has 8 nitrogen and oxygen atoms in total. The van der Waals surface area contributed by atoms with Crippen molar-refractivity contribution in [2.45, 2.75) is 25.6 Å². The SMILES string of the molecule is O=C(O)C(=O)O.O=S1(=O)CCC(NCc2ccccc2OCc2ccccc2)C1. The number of ether oxygens (including phenoxy) is 1. The van der Waals surface area contributed by atoms with Crippen molar-refractivity contribution in [2.24, 2.45) is 0 Å². The second kappa shape index (κ2) is 10.6. The number of carbonyl (C=O) groups is 2. The van der Waals surface area contributed by atoms with E-state index < -0.39 is 21.8 Å². The molecule has 3 rings (SSSR count). The molecule has 2 aromatic carbocycles. The number of rotatable bonds is 6. The third-order valence-electron chi connectivity index (χ3n) is 4.21. The highest BCUT2D eigenvalue weighted by atomic mass is 32.2. The molecule has 156 valence electrons. The Bertz CT molecular complexity index is 917. The number of hydrogen-bond acceptors (Lipinski definition) is 6. The van der Waals surface area contributed by atoms with Crippen LogP contribution < -0.4 is 10.1 Å². The molecule has 1 saturated heterocycles. The minimum Gasteiger partial charge on any atom is -0.489 e. The number of carboxylic acid groups (broad SMARTS) is 2. The van der Waals surface area contributed by atoms with Gasteiger partial charge >= 0.3 is 11.9 Å². The molecule has 29 heavy (non-hydrogen) atoms. The molecule has 1 atom stereocenters. The summed E-state index contributed by atoms with van der Waals surface area (Å²) in [6, 6.07) is 18.0. The molecule has 3 N–H and O–H groups in total. The zero-order valence-corrected chi connectivity index (χ0v) is 16.5. The molecule has 1 heterocycles. The predicted molar refractivity (Wildman–Crippen MR) is 106 cm³/mol. The van der Waals surface area contributed by atoms with Crippen molar-refractivity contribution in [1.29, 1.82) is 0 Å². The van der Waals surface area contributed by atoms with Crippen LogP contribution in [0.2, 0.25) is 0 Å². The first-order valence-electron chi connectivity index (χ1n) is 8.91. The number of aliphatic carboxylic acids is 2. The smallest absolute Gasteiger partial charge is 0.414 e. The number of para-hydroxylation sites is 1. The summed E-state index contributed by atoms with van der Waals surface area (Å²) in [5.74, 6) is -2.29. The maximum Gasteiger partial charge on any atom is 0.414 e. The summed E-state index contributed by atoms with van der Waals surface area (Å²) in [5.41, 5.74) is 2.17. The Morgan fingerprint density at radius 3 is 2.21 bits per heavy atom. The van der Waals surface area contributed by atoms with Crippen molar-refractivity contribution >= 4 is 21.8 Å². The van der Waals surface area contributed by atoms with E-state index in [0.717, 1.165) is 16.9 Å². The van der Waals surface area contributed by atoms with E-state index in [9.17, 15) is 8.42 Å². The molecule has 0 aliphatic carbocycles. The van der Waals surface area contributed by atoms with E-state index in [1.807, 2.05) is 54.6 Å². The molecule has 0 spiro atoms. The highest BCUT2D eigenvalue weighted by molar-refractivity contribution is 7.91. The molecule has 0 bridgehead atoms. The molecule has 1 unspecified atom stereocenters. The van der Waals surface area contributed by atoms with E-state index in [0.29, 0.717) is 19.6 Å². The highest BCUT2D eigenvalue weighted by Crippen LogP contribution is 2.20. The van der Waals surface area contributed by atoms with Gasteiger partial charge in [-0.1, -0.05) is 48.5 Å². The van der Waals surface area contributed by atoms with Gasteiger partial charge in [0.25, 0.3) is 0 Å². The normalized spacial score (nSPS) is 17.0. The molecule has 9 heteroatoms. The summed E-state index contributed by atoms with van der Waals surface area (Å²) in [6.45, 7) is 1.14. The van der Waals surface area contributed by atoms with E-state index in [1.165, 1.54) is 0 Å². The van der Waals surface area contributed by atoms with Crippen LogP contribution in [0.5, 0.6) is 5.75 Å². The minimum atomic E-state index is -2.85. The zero-order chi connectivity index (χ0) is 21.3. The molecular weight excluding hydrogens is 398 g/mol. The summed E-state index contributed by atoms with van der Waals surface area (Å²) in [4.78, 5) is 18.2. The lowest BCUT2D eigenvalue weighted by Crippen LogP contribution is -2.29. The molecule has 0 saturated carbocycles. The van der Waals surface area contributed by atoms with Gasteiger partial charge in [0, 0.05) is 18.2 Å². The molecule has 2 aromatic rings. The first kappa shape index (κ1) is 22.4. The molecule has 1 aliphatic rings. The van der Waals surface area contributed by atoms with Crippen molar-refractivity contribution in [3.8, 4) is 5.75 Å². The summed E-state index contributed by atoms with van der Waals surface area (Å²) in [6.07, 6.45) is 0.690. The fourth-order valence-corrected chi connectivity index (χ4v) is 4.44. The molecule has 1 fully saturated rings. The van der Waals surface area contributed by atoms with Gasteiger partial charge in [0.05, 0.1) is 11.5 Å². The van der Waals surface area contributed by atoms with Crippen molar-refractivity contribution < 1.29 is 33.0 Å². The second-order valence-corrected chi connectivity index (χ2v) is 8.70. The molecular formula is C20H23NO7S. The van der Waals surface area contributed by atoms with Gasteiger partial charge in [-0.15, -0.1) is 0 Å². The maximum absolute atomic E-state index is 11.5. The summed E-state index contributed by atoms with van der Waals surface area (Å²) >= 11 is 0. The zero-order valence-electron chi connectivity index (χ0n) is 15.7. The lowest BCUT2D eigenvalue weighted by molar-refractivity contribution is -0.159. The van der Waals surface area contributed by atoms with Gasteiger partial charge in [-0.2, -0.15) is 0 Å². The van der Waals surface area contributed by atoms with Crippen LogP contribution >= 0.6 is 0 Å². The first-order chi connectivity index (χ1) is 13.8. The number of carboxylic acids is 2. The van der Waals surface area contributed by atoms with Gasteiger partial charge in [-0.25, -0.2) is 18.0 Å². The van der Waals surface area contributed by atoms with Crippen molar-refractivity contribution in [2.75, 3.05) is 11.5 Å². The Kier molecular flexibility index (Phi) is 8.17. The number of sulfone groups is 1. The Labute approximate surface area is 169 Å². The van der Waals surface area contributed by atoms with Gasteiger partial charge in [0.2, 0.25) is 0 Å². The van der Waals surface area contributed by atoms with E-state index in [2.05, 4.69) is 5.32 Å². The molecule has 0 amide bonds. The van der Waals surface area contributed by atoms with Gasteiger partial charge in [0.1, 0.15) is 12.4 Å². The minimum absolute atomic E-state index is 0.0437. The monoisotopic (exact) mass is 421 g/mol. The molecule has 0 radical (unpaired) electrons. The standard InChI is InChI=1S/C18H21NO3S.C2H2O4/c20-23(21)11-10-17(14-23)19-12-16-8-4-5-9-18(16)22-13-15-6-2-1-3-7-15;3-1(4)2(5)6/h1-9,17,19H,10-14H2;(H,3,4)(H,5,6). The topological polar surface area (TPSA) is 130 Å². The lowest BCUT2D eigenvalue weighted by Gasteiger charge is -2.14. The maximum atomic E-state index is 11.5. The predicted octanol–water partition coefficient (Wildman–Crippen LogP) is 1.70. The van der Waals surface area contributed by atoms with Gasteiger partial charge in [-0.3, -0.25) is 0 Å². The van der Waals surface area contributed by atoms with Crippen molar-refractivity contribution in [1.82, 2.24) is 5.32 Å². The van der Waals surface area contributed by atoms with E-state index in [-0.39, 0.29) is 17.5 Å². The van der Waals surface area contributed by atoms with Gasteiger partial charge in [0.15, 0.2) is 9.84 Å². The average Bonchev–Trinajstić information content (AvgIpc) is 3.05. The summed E-state index contributed by atoms with van der Waals surface area (Å²) < 4.78 is 28.9. The van der Waals surface area contributed by atoms with Crippen LogP contribution in [0.4, 0.5) is 0 Å². The molecule has 1 aliphatic heterocycles. The van der Waals surface area contributed by atoms with Gasteiger partial charge < -0.3 is 20.3 Å². The fraction of sp³-hybridized carbons (Fsp3) is 0.300. The van der Waals surface area contributed by atoms with Crippen LogP contribution in [0.3, 0.4) is 0 Å². The fourth-order valence-electron chi connectivity index (χ4n) is 2.74. The van der Waals surface area contributed by atoms with Crippen LogP contribution in [-0.2, 0) is 32.6 Å². The van der Waals surface area contributed by atoms with E-state index >= 15 is 0 Å². The average molecular weight is 421 g/mol. The number of hydrogen-bond donors (Lipinski definition) is 3. The number of nitrogens with one attached hydrogen (secondary N) is 1.